The molecule has 0 aliphatic carbocycles. The second-order valence-electron chi connectivity index (χ2n) is 3.93. The van der Waals surface area contributed by atoms with Gasteiger partial charge in [0.25, 0.3) is 5.88 Å². The van der Waals surface area contributed by atoms with Gasteiger partial charge in [-0.25, -0.2) is 4.98 Å². The number of rotatable bonds is 3. The summed E-state index contributed by atoms with van der Waals surface area (Å²) in [7, 11) is 0. The summed E-state index contributed by atoms with van der Waals surface area (Å²) < 4.78 is 6.19. The molecule has 0 radical (unpaired) electrons. The molecule has 2 aromatic heterocycles. The van der Waals surface area contributed by atoms with Crippen molar-refractivity contribution in [3.63, 3.8) is 0 Å². The topological polar surface area (TPSA) is 78.2 Å². The molecule has 0 amide bonds. The zero-order valence-corrected chi connectivity index (χ0v) is 11.8. The van der Waals surface area contributed by atoms with Crippen LogP contribution in [0.3, 0.4) is 0 Å². The number of nitro groups is 1. The van der Waals surface area contributed by atoms with Crippen LogP contribution in [0.1, 0.15) is 11.3 Å². The summed E-state index contributed by atoms with van der Waals surface area (Å²) in [5.74, 6) is 0.359. The Bertz CT molecular complexity index is 646. The molecule has 7 heteroatoms. The van der Waals surface area contributed by atoms with E-state index in [-0.39, 0.29) is 11.6 Å². The second kappa shape index (κ2) is 5.31. The van der Waals surface area contributed by atoms with E-state index < -0.39 is 4.92 Å². The highest BCUT2D eigenvalue weighted by Crippen LogP contribution is 2.32. The molecule has 0 aromatic carbocycles. The molecule has 0 spiro atoms. The van der Waals surface area contributed by atoms with E-state index in [4.69, 9.17) is 4.74 Å². The SMILES string of the molecule is Cc1cc(C)c([N+](=O)[O-])c(Oc2cncc(Br)c2)n1. The van der Waals surface area contributed by atoms with Gasteiger partial charge in [-0.15, -0.1) is 0 Å². The molecular weight excluding hydrogens is 314 g/mol. The number of ether oxygens (including phenoxy) is 1. The van der Waals surface area contributed by atoms with Gasteiger partial charge < -0.3 is 4.74 Å². The Kier molecular flexibility index (Phi) is 3.75. The zero-order valence-electron chi connectivity index (χ0n) is 10.3. The van der Waals surface area contributed by atoms with Crippen molar-refractivity contribution in [2.24, 2.45) is 0 Å². The van der Waals surface area contributed by atoms with Crippen molar-refractivity contribution >= 4 is 21.6 Å². The van der Waals surface area contributed by atoms with Crippen LogP contribution in [0, 0.1) is 24.0 Å². The molecule has 6 nitrogen and oxygen atoms in total. The minimum atomic E-state index is -0.498. The molecule has 0 atom stereocenters. The van der Waals surface area contributed by atoms with Crippen LogP contribution in [-0.4, -0.2) is 14.9 Å². The van der Waals surface area contributed by atoms with Crippen LogP contribution in [0.5, 0.6) is 11.6 Å². The number of halogens is 1. The van der Waals surface area contributed by atoms with Crippen molar-refractivity contribution in [2.45, 2.75) is 13.8 Å². The van der Waals surface area contributed by atoms with E-state index in [1.165, 1.54) is 6.20 Å². The fraction of sp³-hybridized carbons (Fsp3) is 0.167. The van der Waals surface area contributed by atoms with Gasteiger partial charge in [-0.3, -0.25) is 15.1 Å². The second-order valence-corrected chi connectivity index (χ2v) is 4.85. The highest BCUT2D eigenvalue weighted by atomic mass is 79.9. The quantitative estimate of drug-likeness (QED) is 0.637. The maximum absolute atomic E-state index is 11.1. The summed E-state index contributed by atoms with van der Waals surface area (Å²) in [6.45, 7) is 3.40. The van der Waals surface area contributed by atoms with Gasteiger partial charge in [-0.05, 0) is 41.9 Å². The summed E-state index contributed by atoms with van der Waals surface area (Å²) in [5, 5.41) is 11.1. The smallest absolute Gasteiger partial charge is 0.334 e. The van der Waals surface area contributed by atoms with Crippen LogP contribution in [0.25, 0.3) is 0 Å². The Balaban J connectivity index is 2.47. The predicted octanol–water partition coefficient (Wildman–Crippen LogP) is 3.56. The lowest BCUT2D eigenvalue weighted by molar-refractivity contribution is -0.386. The standard InChI is InChI=1S/C12H10BrN3O3/c1-7-3-8(2)15-12(11(7)16(17)18)19-10-4-9(13)5-14-6-10/h3-6H,1-2H3. The van der Waals surface area contributed by atoms with E-state index in [1.807, 2.05) is 0 Å². The number of hydrogen-bond acceptors (Lipinski definition) is 5. The molecule has 0 bridgehead atoms. The molecule has 2 heterocycles. The Morgan fingerprint density at radius 3 is 2.68 bits per heavy atom. The Hall–Kier alpha value is -2.02. The van der Waals surface area contributed by atoms with Gasteiger partial charge in [0, 0.05) is 21.9 Å². The normalized spacial score (nSPS) is 10.3. The van der Waals surface area contributed by atoms with E-state index in [1.54, 1.807) is 32.2 Å². The molecule has 0 aliphatic rings. The average molecular weight is 324 g/mol. The molecular formula is C12H10BrN3O3. The third kappa shape index (κ3) is 3.05. The zero-order chi connectivity index (χ0) is 14.0. The Morgan fingerprint density at radius 2 is 2.05 bits per heavy atom. The molecule has 0 saturated heterocycles. The van der Waals surface area contributed by atoms with Crippen LogP contribution in [-0.2, 0) is 0 Å². The lowest BCUT2D eigenvalue weighted by atomic mass is 10.2. The van der Waals surface area contributed by atoms with E-state index in [0.29, 0.717) is 17.0 Å². The van der Waals surface area contributed by atoms with Crippen LogP contribution < -0.4 is 4.74 Å². The number of nitrogens with zero attached hydrogens (tertiary/aromatic N) is 3. The molecule has 0 unspecified atom stereocenters. The van der Waals surface area contributed by atoms with Gasteiger partial charge in [0.2, 0.25) is 0 Å². The van der Waals surface area contributed by atoms with Gasteiger partial charge in [-0.2, -0.15) is 0 Å². The number of aromatic nitrogens is 2. The summed E-state index contributed by atoms with van der Waals surface area (Å²) in [6, 6.07) is 3.31. The Morgan fingerprint density at radius 1 is 1.32 bits per heavy atom. The first-order valence-electron chi connectivity index (χ1n) is 5.38. The lowest BCUT2D eigenvalue weighted by Crippen LogP contribution is -2.00. The molecule has 0 fully saturated rings. The van der Waals surface area contributed by atoms with E-state index in [9.17, 15) is 10.1 Å². The van der Waals surface area contributed by atoms with Crippen molar-refractivity contribution in [3.8, 4) is 11.6 Å². The van der Waals surface area contributed by atoms with Crippen LogP contribution in [0.15, 0.2) is 29.0 Å². The van der Waals surface area contributed by atoms with E-state index in [2.05, 4.69) is 25.9 Å². The lowest BCUT2D eigenvalue weighted by Gasteiger charge is -2.07. The first-order chi connectivity index (χ1) is 8.97. The fourth-order valence-electron chi connectivity index (χ4n) is 1.65. The van der Waals surface area contributed by atoms with Crippen molar-refractivity contribution in [3.05, 3.63) is 50.4 Å². The minimum absolute atomic E-state index is 0.0256. The summed E-state index contributed by atoms with van der Waals surface area (Å²) >= 11 is 3.26. The third-order valence-corrected chi connectivity index (χ3v) is 2.79. The monoisotopic (exact) mass is 323 g/mol. The third-order valence-electron chi connectivity index (χ3n) is 2.36. The molecule has 0 saturated carbocycles. The summed E-state index contributed by atoms with van der Waals surface area (Å²) in [4.78, 5) is 18.6. The molecule has 2 rings (SSSR count). The van der Waals surface area contributed by atoms with E-state index in [0.717, 1.165) is 4.47 Å². The first kappa shape index (κ1) is 13.4. The molecule has 0 N–H and O–H groups in total. The molecule has 2 aromatic rings. The predicted molar refractivity (Wildman–Crippen MR) is 72.4 cm³/mol. The molecule has 98 valence electrons. The first-order valence-corrected chi connectivity index (χ1v) is 6.17. The largest absolute Gasteiger partial charge is 0.432 e. The van der Waals surface area contributed by atoms with Crippen molar-refractivity contribution < 1.29 is 9.66 Å². The van der Waals surface area contributed by atoms with Gasteiger partial charge in [0.1, 0.15) is 5.75 Å². The van der Waals surface area contributed by atoms with Crippen molar-refractivity contribution in [1.82, 2.24) is 9.97 Å². The summed E-state index contributed by atoms with van der Waals surface area (Å²) in [5.41, 5.74) is 1.03. The maximum Gasteiger partial charge on any atom is 0.334 e. The van der Waals surface area contributed by atoms with Crippen LogP contribution in [0.2, 0.25) is 0 Å². The van der Waals surface area contributed by atoms with Gasteiger partial charge in [0.05, 0.1) is 11.1 Å². The summed E-state index contributed by atoms with van der Waals surface area (Å²) in [6.07, 6.45) is 3.06. The van der Waals surface area contributed by atoms with Gasteiger partial charge in [0.15, 0.2) is 0 Å². The van der Waals surface area contributed by atoms with Gasteiger partial charge in [-0.1, -0.05) is 0 Å². The number of hydrogen-bond donors (Lipinski definition) is 0. The maximum atomic E-state index is 11.1. The van der Waals surface area contributed by atoms with Gasteiger partial charge >= 0.3 is 5.69 Å². The highest BCUT2D eigenvalue weighted by molar-refractivity contribution is 9.10. The van der Waals surface area contributed by atoms with Crippen LogP contribution in [0.4, 0.5) is 5.69 Å². The average Bonchev–Trinajstić information content (AvgIpc) is 2.26. The fourth-order valence-corrected chi connectivity index (χ4v) is 1.99. The highest BCUT2D eigenvalue weighted by Gasteiger charge is 2.22. The van der Waals surface area contributed by atoms with Crippen molar-refractivity contribution in [1.29, 1.82) is 0 Å². The van der Waals surface area contributed by atoms with Crippen molar-refractivity contribution in [2.75, 3.05) is 0 Å². The number of aryl methyl sites for hydroxylation is 2. The molecule has 19 heavy (non-hydrogen) atoms. The van der Waals surface area contributed by atoms with Crippen LogP contribution >= 0.6 is 15.9 Å². The molecule has 0 aliphatic heterocycles. The number of pyridine rings is 2. The Labute approximate surface area is 117 Å². The van der Waals surface area contributed by atoms with E-state index >= 15 is 0 Å². The minimum Gasteiger partial charge on any atom is -0.432 e.